The molecule has 178 valence electrons. The molecule has 30 heavy (non-hydrogen) atoms. The third kappa shape index (κ3) is 11.4. The van der Waals surface area contributed by atoms with Gasteiger partial charge in [-0.2, -0.15) is 0 Å². The van der Waals surface area contributed by atoms with Gasteiger partial charge in [0.15, 0.2) is 0 Å². The van der Waals surface area contributed by atoms with E-state index in [2.05, 4.69) is 80.1 Å². The average molecular weight is 425 g/mol. The fourth-order valence-electron chi connectivity index (χ4n) is 6.00. The van der Waals surface area contributed by atoms with Crippen molar-refractivity contribution in [3.63, 3.8) is 0 Å². The van der Waals surface area contributed by atoms with Gasteiger partial charge in [0.25, 0.3) is 0 Å². The molecule has 0 aliphatic heterocycles. The van der Waals surface area contributed by atoms with Crippen molar-refractivity contribution in [3.8, 4) is 0 Å². The molecule has 2 N–H and O–H groups in total. The summed E-state index contributed by atoms with van der Waals surface area (Å²) in [4.78, 5) is 25.8. The molecule has 0 radical (unpaired) electrons. The number of hydrazine groups is 1. The Morgan fingerprint density at radius 1 is 0.467 bits per heavy atom. The Hall–Kier alpha value is -1.06. The zero-order chi connectivity index (χ0) is 24.4. The number of hydrogen-bond acceptors (Lipinski definition) is 2. The van der Waals surface area contributed by atoms with E-state index < -0.39 is 10.8 Å². The Morgan fingerprint density at radius 2 is 0.700 bits per heavy atom. The van der Waals surface area contributed by atoms with Crippen LogP contribution in [0, 0.1) is 32.5 Å². The number of hydrogen-bond donors (Lipinski definition) is 2. The highest BCUT2D eigenvalue weighted by atomic mass is 16.2. The van der Waals surface area contributed by atoms with Crippen LogP contribution in [0.25, 0.3) is 0 Å². The third-order valence-corrected chi connectivity index (χ3v) is 5.38. The molecule has 0 fully saturated rings. The van der Waals surface area contributed by atoms with E-state index in [1.807, 2.05) is 27.7 Å². The maximum absolute atomic E-state index is 12.9. The Bertz CT molecular complexity index is 546. The number of rotatable bonds is 8. The number of carbonyl (C=O) groups excluding carboxylic acids is 2. The van der Waals surface area contributed by atoms with Gasteiger partial charge in [-0.15, -0.1) is 0 Å². The highest BCUT2D eigenvalue weighted by Gasteiger charge is 2.39. The molecule has 0 rings (SSSR count). The van der Waals surface area contributed by atoms with Crippen molar-refractivity contribution in [2.24, 2.45) is 32.5 Å². The molecule has 4 nitrogen and oxygen atoms in total. The van der Waals surface area contributed by atoms with E-state index in [1.165, 1.54) is 0 Å². The van der Waals surface area contributed by atoms with Crippen LogP contribution in [-0.4, -0.2) is 11.8 Å². The number of nitrogens with one attached hydrogen (secondary N) is 2. The second-order valence-electron chi connectivity index (χ2n) is 14.8. The van der Waals surface area contributed by atoms with Gasteiger partial charge in [-0.1, -0.05) is 96.9 Å². The Kier molecular flexibility index (Phi) is 8.88. The van der Waals surface area contributed by atoms with Gasteiger partial charge in [0.2, 0.25) is 11.8 Å². The van der Waals surface area contributed by atoms with Gasteiger partial charge in [0, 0.05) is 10.8 Å². The van der Waals surface area contributed by atoms with Crippen LogP contribution >= 0.6 is 0 Å². The first-order valence-corrected chi connectivity index (χ1v) is 11.5. The molecule has 0 aromatic carbocycles. The molecule has 0 atom stereocenters. The standard InChI is InChI=1S/C26H52N2O2/c1-21(2,3)15-23(7,8)17-25(11,12)19(29)27-28-20(30)26(13,14)18-24(9,10)16-22(4,5)6/h15-18H2,1-14H3,(H,27,29)(H,28,30). The van der Waals surface area contributed by atoms with Gasteiger partial charge in [-0.25, -0.2) is 0 Å². The molecule has 0 bridgehead atoms. The minimum atomic E-state index is -0.572. The summed E-state index contributed by atoms with van der Waals surface area (Å²) in [6.45, 7) is 30.0. The lowest BCUT2D eigenvalue weighted by Crippen LogP contribution is -2.52. The van der Waals surface area contributed by atoms with E-state index >= 15 is 0 Å². The Labute approximate surface area is 187 Å². The van der Waals surface area contributed by atoms with Crippen LogP contribution in [0.5, 0.6) is 0 Å². The average Bonchev–Trinajstić information content (AvgIpc) is 2.35. The second kappa shape index (κ2) is 9.20. The normalized spacial score (nSPS) is 14.5. The minimum absolute atomic E-state index is 0.0271. The van der Waals surface area contributed by atoms with Gasteiger partial charge in [0.05, 0.1) is 0 Å². The van der Waals surface area contributed by atoms with Crippen LogP contribution in [0.2, 0.25) is 0 Å². The topological polar surface area (TPSA) is 58.2 Å². The summed E-state index contributed by atoms with van der Waals surface area (Å²) < 4.78 is 0. The Morgan fingerprint density at radius 3 is 0.900 bits per heavy atom. The van der Waals surface area contributed by atoms with Crippen LogP contribution < -0.4 is 10.9 Å². The van der Waals surface area contributed by atoms with Crippen LogP contribution in [0.1, 0.15) is 123 Å². The lowest BCUT2D eigenvalue weighted by molar-refractivity contribution is -0.139. The Balaban J connectivity index is 5.00. The molecule has 0 heterocycles. The van der Waals surface area contributed by atoms with Crippen LogP contribution in [0.4, 0.5) is 0 Å². The minimum Gasteiger partial charge on any atom is -0.273 e. The van der Waals surface area contributed by atoms with Gasteiger partial charge < -0.3 is 0 Å². The van der Waals surface area contributed by atoms with Gasteiger partial charge in [0.1, 0.15) is 0 Å². The van der Waals surface area contributed by atoms with Gasteiger partial charge in [-0.05, 0) is 47.3 Å². The molecule has 0 saturated heterocycles. The maximum atomic E-state index is 12.9. The van der Waals surface area contributed by atoms with E-state index in [1.54, 1.807) is 0 Å². The highest BCUT2D eigenvalue weighted by molar-refractivity contribution is 5.87. The van der Waals surface area contributed by atoms with Crippen LogP contribution in [0.15, 0.2) is 0 Å². The molecule has 0 aliphatic rings. The number of amides is 2. The van der Waals surface area contributed by atoms with Crippen LogP contribution in [-0.2, 0) is 9.59 Å². The molecule has 0 saturated carbocycles. The van der Waals surface area contributed by atoms with E-state index in [-0.39, 0.29) is 33.5 Å². The number of carbonyl (C=O) groups is 2. The summed E-state index contributed by atoms with van der Waals surface area (Å²) in [6.07, 6.45) is 3.56. The van der Waals surface area contributed by atoms with Crippen molar-refractivity contribution >= 4 is 11.8 Å². The van der Waals surface area contributed by atoms with Crippen molar-refractivity contribution in [1.82, 2.24) is 10.9 Å². The second-order valence-corrected chi connectivity index (χ2v) is 14.8. The molecular weight excluding hydrogens is 372 g/mol. The fraction of sp³-hybridized carbons (Fsp3) is 0.923. The largest absolute Gasteiger partial charge is 0.273 e. The zero-order valence-electron chi connectivity index (χ0n) is 22.6. The maximum Gasteiger partial charge on any atom is 0.244 e. The van der Waals surface area contributed by atoms with Crippen molar-refractivity contribution in [1.29, 1.82) is 0 Å². The van der Waals surface area contributed by atoms with Gasteiger partial charge >= 0.3 is 0 Å². The fourth-order valence-corrected chi connectivity index (χ4v) is 6.00. The predicted molar refractivity (Wildman–Crippen MR) is 129 cm³/mol. The summed E-state index contributed by atoms with van der Waals surface area (Å²) >= 11 is 0. The summed E-state index contributed by atoms with van der Waals surface area (Å²) in [7, 11) is 0. The predicted octanol–water partition coefficient (Wildman–Crippen LogP) is 6.89. The smallest absolute Gasteiger partial charge is 0.244 e. The van der Waals surface area contributed by atoms with Gasteiger partial charge in [-0.3, -0.25) is 20.4 Å². The quantitative estimate of drug-likeness (QED) is 0.417. The molecule has 0 spiro atoms. The van der Waals surface area contributed by atoms with Crippen molar-refractivity contribution in [2.75, 3.05) is 0 Å². The van der Waals surface area contributed by atoms with Crippen molar-refractivity contribution < 1.29 is 9.59 Å². The van der Waals surface area contributed by atoms with Crippen molar-refractivity contribution in [2.45, 2.75) is 123 Å². The van der Waals surface area contributed by atoms with Crippen molar-refractivity contribution in [3.05, 3.63) is 0 Å². The molecule has 0 aromatic rings. The molecule has 4 heteroatoms. The molecule has 2 amide bonds. The van der Waals surface area contributed by atoms with E-state index in [4.69, 9.17) is 0 Å². The van der Waals surface area contributed by atoms with E-state index in [0.29, 0.717) is 0 Å². The zero-order valence-corrected chi connectivity index (χ0v) is 22.6. The summed E-state index contributed by atoms with van der Waals surface area (Å²) in [5.41, 5.74) is 4.74. The summed E-state index contributed by atoms with van der Waals surface area (Å²) in [6, 6.07) is 0. The molecule has 0 unspecified atom stereocenters. The lowest BCUT2D eigenvalue weighted by Gasteiger charge is -2.39. The summed E-state index contributed by atoms with van der Waals surface area (Å²) in [5.74, 6) is -0.273. The van der Waals surface area contributed by atoms with Crippen LogP contribution in [0.3, 0.4) is 0 Å². The molecule has 0 aliphatic carbocycles. The molecular formula is C26H52N2O2. The highest BCUT2D eigenvalue weighted by Crippen LogP contribution is 2.43. The lowest BCUT2D eigenvalue weighted by atomic mass is 9.67. The first-order valence-electron chi connectivity index (χ1n) is 11.5. The monoisotopic (exact) mass is 424 g/mol. The summed E-state index contributed by atoms with van der Waals surface area (Å²) in [5, 5.41) is 0. The third-order valence-electron chi connectivity index (χ3n) is 5.38. The molecule has 0 aromatic heterocycles. The van der Waals surface area contributed by atoms with E-state index in [9.17, 15) is 9.59 Å². The first kappa shape index (κ1) is 28.9. The SMILES string of the molecule is CC(C)(C)CC(C)(C)CC(C)(C)C(=O)NNC(=O)C(C)(C)CC(C)(C)CC(C)(C)C. The first-order chi connectivity index (χ1) is 12.9. The van der Waals surface area contributed by atoms with E-state index in [0.717, 1.165) is 25.7 Å².